The quantitative estimate of drug-likeness (QED) is 0.244. The van der Waals surface area contributed by atoms with Crippen molar-refractivity contribution in [2.24, 2.45) is 46.3 Å². The second-order valence-corrected chi connectivity index (χ2v) is 16.1. The molecule has 4 aliphatic rings. The number of allylic oxidation sites excluding steroid dienone is 2. The maximum atomic E-state index is 13.0. The lowest BCUT2D eigenvalue weighted by atomic mass is 9.47. The number of hydrogen-bond acceptors (Lipinski definition) is 3. The molecule has 0 aliphatic heterocycles. The van der Waals surface area contributed by atoms with Gasteiger partial charge in [-0.2, -0.15) is 8.42 Å². The van der Waals surface area contributed by atoms with E-state index in [2.05, 4.69) is 40.7 Å². The SMILES string of the molecule is Cc1ccc(S(=O)(=O)O[C@@H]2CC[C@@]3(C)[C@@H](CC=C4[C@H]3CC[C@]3(C)[C@@H]4CC[C@@H]3[C@H](C)CCCC(C)C)C2)cc1. The Labute approximate surface area is 233 Å². The van der Waals surface area contributed by atoms with Crippen LogP contribution in [0.1, 0.15) is 111 Å². The Morgan fingerprint density at radius 2 is 1.61 bits per heavy atom. The third-order valence-corrected chi connectivity index (χ3v) is 13.2. The van der Waals surface area contributed by atoms with E-state index in [0.29, 0.717) is 17.3 Å². The number of rotatable bonds is 8. The molecule has 3 fully saturated rings. The fourth-order valence-corrected chi connectivity index (χ4v) is 10.6. The normalized spacial score (nSPS) is 37.8. The van der Waals surface area contributed by atoms with Crippen molar-refractivity contribution in [2.45, 2.75) is 123 Å². The average molecular weight is 541 g/mol. The molecular formula is C34H52O3S. The molecule has 1 aromatic carbocycles. The summed E-state index contributed by atoms with van der Waals surface area (Å²) in [6.07, 6.45) is 15.9. The van der Waals surface area contributed by atoms with E-state index in [4.69, 9.17) is 4.18 Å². The summed E-state index contributed by atoms with van der Waals surface area (Å²) in [6.45, 7) is 14.4. The van der Waals surface area contributed by atoms with Crippen molar-refractivity contribution in [3.8, 4) is 0 Å². The van der Waals surface area contributed by atoms with Crippen molar-refractivity contribution < 1.29 is 12.6 Å². The van der Waals surface area contributed by atoms with E-state index >= 15 is 0 Å². The summed E-state index contributed by atoms with van der Waals surface area (Å²) in [6, 6.07) is 7.04. The molecule has 3 saturated carbocycles. The van der Waals surface area contributed by atoms with Gasteiger partial charge in [0.1, 0.15) is 0 Å². The summed E-state index contributed by atoms with van der Waals surface area (Å²) in [5.74, 6) is 4.45. The summed E-state index contributed by atoms with van der Waals surface area (Å²) in [4.78, 5) is 0.281. The number of hydrogen-bond donors (Lipinski definition) is 0. The predicted molar refractivity (Wildman–Crippen MR) is 156 cm³/mol. The molecule has 0 amide bonds. The summed E-state index contributed by atoms with van der Waals surface area (Å²) in [5, 5.41) is 0. The smallest absolute Gasteiger partial charge is 0.263 e. The van der Waals surface area contributed by atoms with Gasteiger partial charge in [0.15, 0.2) is 0 Å². The van der Waals surface area contributed by atoms with Gasteiger partial charge in [-0.05, 0) is 117 Å². The first-order chi connectivity index (χ1) is 17.9. The molecule has 0 N–H and O–H groups in total. The van der Waals surface area contributed by atoms with E-state index in [0.717, 1.165) is 54.9 Å². The van der Waals surface area contributed by atoms with Crippen LogP contribution in [0.15, 0.2) is 40.8 Å². The Kier molecular flexibility index (Phi) is 7.99. The van der Waals surface area contributed by atoms with Crippen LogP contribution in [0.4, 0.5) is 0 Å². The van der Waals surface area contributed by atoms with Crippen molar-refractivity contribution in [1.82, 2.24) is 0 Å². The molecular weight excluding hydrogens is 488 g/mol. The molecule has 0 unspecified atom stereocenters. The Hall–Kier alpha value is -1.13. The molecule has 212 valence electrons. The highest BCUT2D eigenvalue weighted by Crippen LogP contribution is 2.67. The van der Waals surface area contributed by atoms with Crippen LogP contribution in [0.3, 0.4) is 0 Å². The summed E-state index contributed by atoms with van der Waals surface area (Å²) in [5.41, 5.74) is 3.59. The molecule has 0 saturated heterocycles. The molecule has 4 heteroatoms. The first-order valence-electron chi connectivity index (χ1n) is 15.6. The van der Waals surface area contributed by atoms with Crippen LogP contribution < -0.4 is 0 Å². The second-order valence-electron chi connectivity index (χ2n) is 14.5. The van der Waals surface area contributed by atoms with Crippen molar-refractivity contribution in [3.05, 3.63) is 41.5 Å². The van der Waals surface area contributed by atoms with E-state index in [1.165, 1.54) is 44.9 Å². The highest BCUT2D eigenvalue weighted by molar-refractivity contribution is 7.86. The van der Waals surface area contributed by atoms with Crippen LogP contribution in [0, 0.1) is 53.3 Å². The highest BCUT2D eigenvalue weighted by atomic mass is 32.2. The summed E-state index contributed by atoms with van der Waals surface area (Å²) < 4.78 is 31.8. The third kappa shape index (κ3) is 5.18. The molecule has 0 spiro atoms. The van der Waals surface area contributed by atoms with E-state index in [-0.39, 0.29) is 16.4 Å². The largest absolute Gasteiger partial charge is 0.297 e. The van der Waals surface area contributed by atoms with Crippen LogP contribution in [-0.2, 0) is 14.3 Å². The van der Waals surface area contributed by atoms with Gasteiger partial charge in [-0.25, -0.2) is 0 Å². The Bertz CT molecular complexity index is 1120. The lowest BCUT2D eigenvalue weighted by Gasteiger charge is -2.58. The fourth-order valence-electron chi connectivity index (χ4n) is 9.52. The average Bonchev–Trinajstić information content (AvgIpc) is 3.21. The van der Waals surface area contributed by atoms with Crippen molar-refractivity contribution in [3.63, 3.8) is 0 Å². The van der Waals surface area contributed by atoms with Gasteiger partial charge in [0.2, 0.25) is 0 Å². The van der Waals surface area contributed by atoms with Gasteiger partial charge in [0.25, 0.3) is 10.1 Å². The lowest BCUT2D eigenvalue weighted by Crippen LogP contribution is -2.50. The predicted octanol–water partition coefficient (Wildman–Crippen LogP) is 9.11. The Morgan fingerprint density at radius 3 is 2.32 bits per heavy atom. The Morgan fingerprint density at radius 1 is 0.921 bits per heavy atom. The molecule has 8 atom stereocenters. The second kappa shape index (κ2) is 10.7. The molecule has 3 nitrogen and oxygen atoms in total. The zero-order chi connectivity index (χ0) is 27.3. The van der Waals surface area contributed by atoms with Gasteiger partial charge in [-0.1, -0.05) is 83.2 Å². The molecule has 4 aliphatic carbocycles. The summed E-state index contributed by atoms with van der Waals surface area (Å²) in [7, 11) is -3.72. The minimum atomic E-state index is -3.72. The van der Waals surface area contributed by atoms with E-state index < -0.39 is 10.1 Å². The topological polar surface area (TPSA) is 43.4 Å². The van der Waals surface area contributed by atoms with Gasteiger partial charge in [-0.3, -0.25) is 4.18 Å². The number of aryl methyl sites for hydroxylation is 1. The van der Waals surface area contributed by atoms with E-state index in [1.807, 2.05) is 19.1 Å². The van der Waals surface area contributed by atoms with Crippen LogP contribution in [0.5, 0.6) is 0 Å². The highest BCUT2D eigenvalue weighted by Gasteiger charge is 2.58. The molecule has 38 heavy (non-hydrogen) atoms. The van der Waals surface area contributed by atoms with Gasteiger partial charge in [0, 0.05) is 0 Å². The van der Waals surface area contributed by atoms with E-state index in [1.54, 1.807) is 17.7 Å². The number of benzene rings is 1. The Balaban J connectivity index is 1.27. The minimum Gasteiger partial charge on any atom is -0.263 e. The minimum absolute atomic E-state index is 0.203. The fraction of sp³-hybridized carbons (Fsp3) is 0.765. The monoisotopic (exact) mass is 540 g/mol. The zero-order valence-electron chi connectivity index (χ0n) is 24.8. The van der Waals surface area contributed by atoms with Crippen LogP contribution in [-0.4, -0.2) is 14.5 Å². The van der Waals surface area contributed by atoms with Gasteiger partial charge < -0.3 is 0 Å². The lowest BCUT2D eigenvalue weighted by molar-refractivity contribution is -0.0355. The zero-order valence-corrected chi connectivity index (χ0v) is 25.7. The maximum absolute atomic E-state index is 13.0. The molecule has 5 rings (SSSR count). The molecule has 0 bridgehead atoms. The molecule has 1 aromatic rings. The van der Waals surface area contributed by atoms with Crippen molar-refractivity contribution in [1.29, 1.82) is 0 Å². The maximum Gasteiger partial charge on any atom is 0.297 e. The molecule has 0 radical (unpaired) electrons. The van der Waals surface area contributed by atoms with Crippen LogP contribution >= 0.6 is 0 Å². The van der Waals surface area contributed by atoms with Crippen molar-refractivity contribution >= 4 is 10.1 Å². The first kappa shape index (κ1) is 28.4. The van der Waals surface area contributed by atoms with Gasteiger partial charge in [-0.15, -0.1) is 0 Å². The van der Waals surface area contributed by atoms with Crippen molar-refractivity contribution in [2.75, 3.05) is 0 Å². The molecule has 0 aromatic heterocycles. The third-order valence-electron chi connectivity index (χ3n) is 11.8. The standard InChI is InChI=1S/C34H52O3S/c1-23(2)8-7-9-25(4)30-16-17-31-29-15-12-26-22-27(37-38(35,36)28-13-10-24(3)11-14-28)18-20-33(26,5)32(29)19-21-34(30,31)6/h10-11,13-15,23,25-27,30-32H,7-9,12,16-22H2,1-6H3/t25-,26+,27-,30-,31-,32-,33+,34+/m1/s1. The van der Waals surface area contributed by atoms with Crippen LogP contribution in [0.25, 0.3) is 0 Å². The van der Waals surface area contributed by atoms with E-state index in [9.17, 15) is 8.42 Å². The van der Waals surface area contributed by atoms with Gasteiger partial charge >= 0.3 is 0 Å². The first-order valence-corrected chi connectivity index (χ1v) is 17.0. The summed E-state index contributed by atoms with van der Waals surface area (Å²) >= 11 is 0. The van der Waals surface area contributed by atoms with Gasteiger partial charge in [0.05, 0.1) is 11.0 Å². The molecule has 0 heterocycles. The number of fused-ring (bicyclic) bond motifs is 5. The van der Waals surface area contributed by atoms with Crippen LogP contribution in [0.2, 0.25) is 0 Å².